The average molecular weight is 304 g/mol. The van der Waals surface area contributed by atoms with Crippen molar-refractivity contribution in [1.29, 1.82) is 0 Å². The van der Waals surface area contributed by atoms with E-state index >= 15 is 0 Å². The minimum absolute atomic E-state index is 0.0170. The number of amides is 2. The fourth-order valence-corrected chi connectivity index (χ4v) is 3.67. The maximum absolute atomic E-state index is 14.3. The molecular formula is C15H17FN4O2. The quantitative estimate of drug-likeness (QED) is 0.810. The molecule has 1 aliphatic carbocycles. The van der Waals surface area contributed by atoms with Crippen LogP contribution in [-0.2, 0) is 9.59 Å². The molecule has 4 rings (SSSR count). The van der Waals surface area contributed by atoms with Gasteiger partial charge < -0.3 is 9.80 Å². The number of alkyl halides is 1. The van der Waals surface area contributed by atoms with Gasteiger partial charge >= 0.3 is 0 Å². The zero-order chi connectivity index (χ0) is 15.3. The molecular weight excluding hydrogens is 287 g/mol. The standard InChI is InChI=1S/C15H17FN4O2/c16-15(2-1-3-15)14(22)19-6-10-7-20(13(21)12(10)8-19)11-4-17-9-18-5-11/h4-5,9-10,12H,1-3,6-8H2/t10-,12-/m0/s1. The molecule has 2 aliphatic heterocycles. The van der Waals surface area contributed by atoms with Gasteiger partial charge in [0.25, 0.3) is 5.91 Å². The van der Waals surface area contributed by atoms with Crippen LogP contribution >= 0.6 is 0 Å². The topological polar surface area (TPSA) is 66.4 Å². The number of hydrogen-bond acceptors (Lipinski definition) is 4. The van der Waals surface area contributed by atoms with Crippen LogP contribution in [0.4, 0.5) is 10.1 Å². The van der Waals surface area contributed by atoms with E-state index in [1.54, 1.807) is 22.2 Å². The van der Waals surface area contributed by atoms with Crippen molar-refractivity contribution in [3.05, 3.63) is 18.7 Å². The van der Waals surface area contributed by atoms with E-state index in [0.29, 0.717) is 38.2 Å². The van der Waals surface area contributed by atoms with Gasteiger partial charge in [0.2, 0.25) is 5.91 Å². The molecule has 3 fully saturated rings. The molecule has 3 heterocycles. The van der Waals surface area contributed by atoms with Crippen LogP contribution in [0.15, 0.2) is 18.7 Å². The van der Waals surface area contributed by atoms with Gasteiger partial charge in [0.1, 0.15) is 6.33 Å². The second kappa shape index (κ2) is 4.72. The molecule has 2 atom stereocenters. The molecule has 7 heteroatoms. The number of hydrogen-bond donors (Lipinski definition) is 0. The molecule has 116 valence electrons. The largest absolute Gasteiger partial charge is 0.339 e. The van der Waals surface area contributed by atoms with Crippen LogP contribution in [0.5, 0.6) is 0 Å². The smallest absolute Gasteiger partial charge is 0.260 e. The van der Waals surface area contributed by atoms with Gasteiger partial charge in [-0.3, -0.25) is 9.59 Å². The van der Waals surface area contributed by atoms with Crippen LogP contribution in [0.3, 0.4) is 0 Å². The highest BCUT2D eigenvalue weighted by molar-refractivity contribution is 5.98. The Hall–Kier alpha value is -2.05. The van der Waals surface area contributed by atoms with Gasteiger partial charge in [-0.1, -0.05) is 0 Å². The lowest BCUT2D eigenvalue weighted by molar-refractivity contribution is -0.149. The average Bonchev–Trinajstić information content (AvgIpc) is 3.05. The maximum atomic E-state index is 14.3. The van der Waals surface area contributed by atoms with Crippen molar-refractivity contribution in [2.24, 2.45) is 11.8 Å². The molecule has 6 nitrogen and oxygen atoms in total. The van der Waals surface area contributed by atoms with Gasteiger partial charge in [-0.15, -0.1) is 0 Å². The van der Waals surface area contributed by atoms with Gasteiger partial charge in [-0.05, 0) is 19.3 Å². The number of anilines is 1. The highest BCUT2D eigenvalue weighted by Crippen LogP contribution is 2.41. The van der Waals surface area contributed by atoms with E-state index in [1.165, 1.54) is 6.33 Å². The summed E-state index contributed by atoms with van der Waals surface area (Å²) < 4.78 is 14.3. The van der Waals surface area contributed by atoms with Crippen LogP contribution in [0, 0.1) is 11.8 Å². The van der Waals surface area contributed by atoms with Gasteiger partial charge in [0.15, 0.2) is 5.67 Å². The van der Waals surface area contributed by atoms with Crippen molar-refractivity contribution in [3.63, 3.8) is 0 Å². The van der Waals surface area contributed by atoms with Gasteiger partial charge in [-0.2, -0.15) is 0 Å². The summed E-state index contributed by atoms with van der Waals surface area (Å²) in [6.07, 6.45) is 6.05. The highest BCUT2D eigenvalue weighted by atomic mass is 19.1. The van der Waals surface area contributed by atoms with Crippen LogP contribution in [0.2, 0.25) is 0 Å². The molecule has 3 aliphatic rings. The molecule has 2 saturated heterocycles. The van der Waals surface area contributed by atoms with Crippen LogP contribution < -0.4 is 4.90 Å². The van der Waals surface area contributed by atoms with Crippen LogP contribution in [0.25, 0.3) is 0 Å². The monoisotopic (exact) mass is 304 g/mol. The third kappa shape index (κ3) is 1.91. The molecule has 0 radical (unpaired) electrons. The number of carbonyl (C=O) groups is 2. The summed E-state index contributed by atoms with van der Waals surface area (Å²) in [5.74, 6) is -0.597. The summed E-state index contributed by atoms with van der Waals surface area (Å²) >= 11 is 0. The van der Waals surface area contributed by atoms with Crippen molar-refractivity contribution < 1.29 is 14.0 Å². The van der Waals surface area contributed by atoms with Gasteiger partial charge in [0.05, 0.1) is 24.0 Å². The molecule has 2 amide bonds. The molecule has 0 bridgehead atoms. The fourth-order valence-electron chi connectivity index (χ4n) is 3.67. The zero-order valence-corrected chi connectivity index (χ0v) is 12.1. The first kappa shape index (κ1) is 13.6. The van der Waals surface area contributed by atoms with Crippen LogP contribution in [0.1, 0.15) is 19.3 Å². The summed E-state index contributed by atoms with van der Waals surface area (Å²) in [5, 5.41) is 0. The number of fused-ring (bicyclic) bond motifs is 1. The predicted octanol–water partition coefficient (Wildman–Crippen LogP) is 0.790. The summed E-state index contributed by atoms with van der Waals surface area (Å²) in [6, 6.07) is 0. The second-order valence-corrected chi connectivity index (χ2v) is 6.44. The Balaban J connectivity index is 1.47. The van der Waals surface area contributed by atoms with Crippen molar-refractivity contribution in [2.45, 2.75) is 24.9 Å². The molecule has 0 unspecified atom stereocenters. The maximum Gasteiger partial charge on any atom is 0.260 e. The van der Waals surface area contributed by atoms with Crippen molar-refractivity contribution in [1.82, 2.24) is 14.9 Å². The first-order chi connectivity index (χ1) is 10.6. The van der Waals surface area contributed by atoms with E-state index in [9.17, 15) is 14.0 Å². The predicted molar refractivity (Wildman–Crippen MR) is 75.6 cm³/mol. The number of rotatable bonds is 2. The van der Waals surface area contributed by atoms with E-state index in [2.05, 4.69) is 9.97 Å². The lowest BCUT2D eigenvalue weighted by Crippen LogP contribution is -2.50. The number of nitrogens with zero attached hydrogens (tertiary/aromatic N) is 4. The van der Waals surface area contributed by atoms with E-state index in [1.807, 2.05) is 0 Å². The van der Waals surface area contributed by atoms with Crippen molar-refractivity contribution >= 4 is 17.5 Å². The number of likely N-dealkylation sites (tertiary alicyclic amines) is 1. The Kier molecular flexibility index (Phi) is 2.92. The highest BCUT2D eigenvalue weighted by Gasteiger charge is 2.53. The van der Waals surface area contributed by atoms with Gasteiger partial charge in [0, 0.05) is 25.6 Å². The van der Waals surface area contributed by atoms with E-state index in [0.717, 1.165) is 6.42 Å². The summed E-state index contributed by atoms with van der Waals surface area (Å²) in [4.78, 5) is 35.9. The Bertz CT molecular complexity index is 619. The second-order valence-electron chi connectivity index (χ2n) is 6.44. The van der Waals surface area contributed by atoms with Crippen LogP contribution in [-0.4, -0.2) is 52.0 Å². The van der Waals surface area contributed by atoms with E-state index in [4.69, 9.17) is 0 Å². The van der Waals surface area contributed by atoms with E-state index in [-0.39, 0.29) is 17.7 Å². The molecule has 1 aromatic heterocycles. The molecule has 0 aromatic carbocycles. The fraction of sp³-hybridized carbons (Fsp3) is 0.600. The Morgan fingerprint density at radius 2 is 1.95 bits per heavy atom. The number of halogens is 1. The first-order valence-electron chi connectivity index (χ1n) is 7.63. The minimum atomic E-state index is -1.67. The third-order valence-electron chi connectivity index (χ3n) is 5.12. The first-order valence-corrected chi connectivity index (χ1v) is 7.63. The normalized spacial score (nSPS) is 29.4. The Labute approximate surface area is 127 Å². The Morgan fingerprint density at radius 1 is 1.23 bits per heavy atom. The summed E-state index contributed by atoms with van der Waals surface area (Å²) in [5.41, 5.74) is -0.991. The zero-order valence-electron chi connectivity index (χ0n) is 12.1. The summed E-state index contributed by atoms with van der Waals surface area (Å²) in [6.45, 7) is 1.34. The van der Waals surface area contributed by atoms with Gasteiger partial charge in [-0.25, -0.2) is 14.4 Å². The lowest BCUT2D eigenvalue weighted by Gasteiger charge is -2.36. The SMILES string of the molecule is O=C1[C@H]2CN(C(=O)C3(F)CCC3)C[C@H]2CN1c1cncnc1. The van der Waals surface area contributed by atoms with E-state index < -0.39 is 11.6 Å². The Morgan fingerprint density at radius 3 is 2.55 bits per heavy atom. The molecule has 1 saturated carbocycles. The third-order valence-corrected chi connectivity index (χ3v) is 5.12. The minimum Gasteiger partial charge on any atom is -0.339 e. The van der Waals surface area contributed by atoms with Crippen molar-refractivity contribution in [2.75, 3.05) is 24.5 Å². The molecule has 22 heavy (non-hydrogen) atoms. The number of aromatic nitrogens is 2. The number of carbonyl (C=O) groups excluding carboxylic acids is 2. The lowest BCUT2D eigenvalue weighted by atomic mass is 9.81. The van der Waals surface area contributed by atoms with Crippen molar-refractivity contribution in [3.8, 4) is 0 Å². The molecule has 1 aromatic rings. The molecule has 0 N–H and O–H groups in total. The summed E-state index contributed by atoms with van der Waals surface area (Å²) in [7, 11) is 0. The molecule has 0 spiro atoms.